The van der Waals surface area contributed by atoms with E-state index in [-0.39, 0.29) is 24.0 Å². The Labute approximate surface area is 204 Å². The molecule has 1 saturated heterocycles. The van der Waals surface area contributed by atoms with E-state index in [2.05, 4.69) is 53.4 Å². The number of hydrogen-bond donors (Lipinski definition) is 0. The lowest BCUT2D eigenvalue weighted by Crippen LogP contribution is -2.55. The van der Waals surface area contributed by atoms with Gasteiger partial charge in [0.05, 0.1) is 22.9 Å². The number of hydrogen-bond acceptors (Lipinski definition) is 4. The van der Waals surface area contributed by atoms with E-state index in [0.717, 1.165) is 18.8 Å². The molecule has 4 aromatic carbocycles. The van der Waals surface area contributed by atoms with Crippen molar-refractivity contribution in [1.82, 2.24) is 4.90 Å². The lowest BCUT2D eigenvalue weighted by atomic mass is 9.94. The number of likely N-dealkylation sites (tertiary alicyclic amines) is 1. The van der Waals surface area contributed by atoms with Gasteiger partial charge in [0.1, 0.15) is 11.9 Å². The number of amides is 2. The third-order valence-electron chi connectivity index (χ3n) is 6.66. The summed E-state index contributed by atoms with van der Waals surface area (Å²) in [6.07, 6.45) is 0.0788. The molecule has 172 valence electrons. The summed E-state index contributed by atoms with van der Waals surface area (Å²) in [6, 6.07) is 35.4. The lowest BCUT2D eigenvalue weighted by Gasteiger charge is -2.44. The van der Waals surface area contributed by atoms with Gasteiger partial charge in [-0.3, -0.25) is 14.5 Å². The maximum Gasteiger partial charge on any atom is 0.266 e. The minimum Gasteiger partial charge on any atom is -0.488 e. The predicted molar refractivity (Wildman–Crippen MR) is 135 cm³/mol. The van der Waals surface area contributed by atoms with Crippen LogP contribution >= 0.6 is 0 Å². The summed E-state index contributed by atoms with van der Waals surface area (Å²) >= 11 is 0. The second-order valence-electron chi connectivity index (χ2n) is 8.90. The summed E-state index contributed by atoms with van der Waals surface area (Å²) in [5.41, 5.74) is 3.97. The van der Waals surface area contributed by atoms with Gasteiger partial charge in [-0.1, -0.05) is 72.8 Å². The largest absolute Gasteiger partial charge is 0.488 e. The molecule has 35 heavy (non-hydrogen) atoms. The Morgan fingerprint density at radius 1 is 0.629 bits per heavy atom. The maximum absolute atomic E-state index is 12.7. The molecule has 0 bridgehead atoms. The van der Waals surface area contributed by atoms with E-state index in [1.54, 1.807) is 36.4 Å². The lowest BCUT2D eigenvalue weighted by molar-refractivity contribution is 0.000291. The molecule has 2 aliphatic heterocycles. The predicted octanol–water partition coefficient (Wildman–Crippen LogP) is 5.34. The van der Waals surface area contributed by atoms with Gasteiger partial charge < -0.3 is 4.74 Å². The average molecular weight is 461 g/mol. The molecule has 0 unspecified atom stereocenters. The van der Waals surface area contributed by atoms with Gasteiger partial charge in [-0.25, -0.2) is 4.90 Å². The van der Waals surface area contributed by atoms with Gasteiger partial charge in [0, 0.05) is 13.1 Å². The molecule has 0 atom stereocenters. The zero-order valence-electron chi connectivity index (χ0n) is 19.1. The summed E-state index contributed by atoms with van der Waals surface area (Å²) < 4.78 is 6.21. The van der Waals surface area contributed by atoms with Crippen LogP contribution in [0.25, 0.3) is 0 Å². The minimum absolute atomic E-state index is 0.0788. The van der Waals surface area contributed by atoms with Crippen molar-refractivity contribution in [3.05, 3.63) is 131 Å². The second kappa shape index (κ2) is 8.85. The molecule has 6 rings (SSSR count). The molecule has 5 nitrogen and oxygen atoms in total. The molecule has 0 spiro atoms. The van der Waals surface area contributed by atoms with Crippen LogP contribution in [0.1, 0.15) is 37.9 Å². The SMILES string of the molecule is O=C1c2ccccc2C(=O)N1c1ccc(OC2CN(C(c3ccccc3)c3ccccc3)C2)cc1. The van der Waals surface area contributed by atoms with Gasteiger partial charge in [-0.05, 0) is 47.5 Å². The van der Waals surface area contributed by atoms with Gasteiger partial charge in [-0.15, -0.1) is 0 Å². The molecule has 0 N–H and O–H groups in total. The minimum atomic E-state index is -0.290. The number of imide groups is 1. The molecule has 0 aliphatic carbocycles. The fraction of sp³-hybridized carbons (Fsp3) is 0.133. The topological polar surface area (TPSA) is 49.9 Å². The second-order valence-corrected chi connectivity index (χ2v) is 8.90. The van der Waals surface area contributed by atoms with Crippen molar-refractivity contribution in [2.45, 2.75) is 12.1 Å². The highest BCUT2D eigenvalue weighted by Crippen LogP contribution is 2.34. The molecule has 2 amide bonds. The number of carbonyl (C=O) groups is 2. The van der Waals surface area contributed by atoms with E-state index in [1.165, 1.54) is 16.0 Å². The molecule has 2 aliphatic rings. The highest BCUT2D eigenvalue weighted by atomic mass is 16.5. The zero-order chi connectivity index (χ0) is 23.8. The zero-order valence-corrected chi connectivity index (χ0v) is 19.1. The third-order valence-corrected chi connectivity index (χ3v) is 6.66. The van der Waals surface area contributed by atoms with Gasteiger partial charge >= 0.3 is 0 Å². The average Bonchev–Trinajstić information content (AvgIpc) is 3.14. The van der Waals surface area contributed by atoms with E-state index >= 15 is 0 Å². The Morgan fingerprint density at radius 2 is 1.11 bits per heavy atom. The summed E-state index contributed by atoms with van der Waals surface area (Å²) in [7, 11) is 0. The summed E-state index contributed by atoms with van der Waals surface area (Å²) in [5, 5.41) is 0. The van der Waals surface area contributed by atoms with Crippen LogP contribution in [0.3, 0.4) is 0 Å². The van der Waals surface area contributed by atoms with E-state index in [1.807, 2.05) is 24.3 Å². The fourth-order valence-corrected chi connectivity index (χ4v) is 4.93. The Balaban J connectivity index is 1.13. The molecule has 0 aromatic heterocycles. The van der Waals surface area contributed by atoms with Gasteiger partial charge in [-0.2, -0.15) is 0 Å². The number of carbonyl (C=O) groups excluding carboxylic acids is 2. The number of rotatable bonds is 6. The first kappa shape index (κ1) is 21.3. The Morgan fingerprint density at radius 3 is 1.63 bits per heavy atom. The van der Waals surface area contributed by atoms with E-state index in [9.17, 15) is 9.59 Å². The summed E-state index contributed by atoms with van der Waals surface area (Å²) in [4.78, 5) is 29.1. The molecular weight excluding hydrogens is 436 g/mol. The highest BCUT2D eigenvalue weighted by molar-refractivity contribution is 6.34. The Hall–Kier alpha value is -4.22. The van der Waals surface area contributed by atoms with Crippen LogP contribution in [0.15, 0.2) is 109 Å². The fourth-order valence-electron chi connectivity index (χ4n) is 4.93. The number of nitrogens with zero attached hydrogens (tertiary/aromatic N) is 2. The normalized spacial score (nSPS) is 15.9. The van der Waals surface area contributed by atoms with E-state index < -0.39 is 0 Å². The summed E-state index contributed by atoms with van der Waals surface area (Å²) in [5.74, 6) is 0.148. The molecule has 4 aromatic rings. The summed E-state index contributed by atoms with van der Waals surface area (Å²) in [6.45, 7) is 1.63. The van der Waals surface area contributed by atoms with E-state index in [4.69, 9.17) is 4.74 Å². The van der Waals surface area contributed by atoms with Gasteiger partial charge in [0.15, 0.2) is 0 Å². The van der Waals surface area contributed by atoms with Crippen molar-refractivity contribution in [1.29, 1.82) is 0 Å². The van der Waals surface area contributed by atoms with Crippen molar-refractivity contribution in [3.8, 4) is 5.75 Å². The number of anilines is 1. The third kappa shape index (κ3) is 3.90. The number of fused-ring (bicyclic) bond motifs is 1. The molecule has 0 radical (unpaired) electrons. The highest BCUT2D eigenvalue weighted by Gasteiger charge is 2.37. The van der Waals surface area contributed by atoms with E-state index in [0.29, 0.717) is 16.8 Å². The van der Waals surface area contributed by atoms with Crippen molar-refractivity contribution >= 4 is 17.5 Å². The standard InChI is InChI=1S/C30H24N2O3/c33-29-26-13-7-8-14-27(26)30(34)32(29)23-15-17-24(18-16-23)35-25-19-31(20-25)28(21-9-3-1-4-10-21)22-11-5-2-6-12-22/h1-18,25,28H,19-20H2. The van der Waals surface area contributed by atoms with Crippen molar-refractivity contribution in [2.75, 3.05) is 18.0 Å². The quantitative estimate of drug-likeness (QED) is 0.365. The first-order valence-corrected chi connectivity index (χ1v) is 11.8. The van der Waals surface area contributed by atoms with Gasteiger partial charge in [0.25, 0.3) is 11.8 Å². The van der Waals surface area contributed by atoms with Crippen LogP contribution in [0.4, 0.5) is 5.69 Å². The first-order valence-electron chi connectivity index (χ1n) is 11.8. The van der Waals surface area contributed by atoms with Crippen molar-refractivity contribution in [2.24, 2.45) is 0 Å². The monoisotopic (exact) mass is 460 g/mol. The first-order chi connectivity index (χ1) is 17.2. The van der Waals surface area contributed by atoms with Crippen LogP contribution in [0, 0.1) is 0 Å². The molecule has 2 heterocycles. The molecule has 1 fully saturated rings. The number of ether oxygens (including phenoxy) is 1. The number of benzene rings is 4. The van der Waals surface area contributed by atoms with Crippen molar-refractivity contribution < 1.29 is 14.3 Å². The van der Waals surface area contributed by atoms with Crippen LogP contribution in [0.2, 0.25) is 0 Å². The smallest absolute Gasteiger partial charge is 0.266 e. The van der Waals surface area contributed by atoms with Crippen LogP contribution < -0.4 is 9.64 Å². The molecular formula is C30H24N2O3. The Kier molecular flexibility index (Phi) is 5.39. The van der Waals surface area contributed by atoms with Crippen molar-refractivity contribution in [3.63, 3.8) is 0 Å². The molecule has 0 saturated carbocycles. The molecule has 5 heteroatoms. The maximum atomic E-state index is 12.7. The van der Waals surface area contributed by atoms with Crippen LogP contribution in [-0.2, 0) is 0 Å². The van der Waals surface area contributed by atoms with Crippen LogP contribution in [-0.4, -0.2) is 35.9 Å². The van der Waals surface area contributed by atoms with Crippen LogP contribution in [0.5, 0.6) is 5.75 Å². The van der Waals surface area contributed by atoms with Gasteiger partial charge in [0.2, 0.25) is 0 Å². The Bertz CT molecular complexity index is 1290.